The van der Waals surface area contributed by atoms with Gasteiger partial charge >= 0.3 is 0 Å². The van der Waals surface area contributed by atoms with E-state index in [0.717, 1.165) is 5.56 Å². The van der Waals surface area contributed by atoms with Gasteiger partial charge in [-0.25, -0.2) is 4.39 Å². The molecule has 3 aromatic carbocycles. The summed E-state index contributed by atoms with van der Waals surface area (Å²) < 4.78 is 24.8. The first kappa shape index (κ1) is 21.4. The van der Waals surface area contributed by atoms with E-state index in [4.69, 9.17) is 9.47 Å². The number of carbonyl (C=O) groups is 2. The summed E-state index contributed by atoms with van der Waals surface area (Å²) in [5, 5.41) is 2.61. The molecule has 1 aliphatic rings. The molecular formula is C25H23FN2O4. The van der Waals surface area contributed by atoms with Crippen molar-refractivity contribution in [3.63, 3.8) is 0 Å². The van der Waals surface area contributed by atoms with Crippen molar-refractivity contribution in [1.82, 2.24) is 4.90 Å². The Morgan fingerprint density at radius 3 is 2.47 bits per heavy atom. The third-order valence-corrected chi connectivity index (χ3v) is 5.54. The molecule has 4 rings (SSSR count). The minimum atomic E-state index is -0.582. The fraction of sp³-hybridized carbons (Fsp3) is 0.200. The number of halogens is 1. The van der Waals surface area contributed by atoms with Gasteiger partial charge in [0.05, 0.1) is 32.4 Å². The summed E-state index contributed by atoms with van der Waals surface area (Å²) in [4.78, 5) is 27.7. The van der Waals surface area contributed by atoms with Crippen LogP contribution >= 0.6 is 0 Å². The number of anilines is 1. The molecule has 2 amide bonds. The van der Waals surface area contributed by atoms with Crippen LogP contribution in [-0.4, -0.2) is 30.9 Å². The maximum atomic E-state index is 14.0. The van der Waals surface area contributed by atoms with Crippen LogP contribution < -0.4 is 14.8 Å². The molecule has 1 heterocycles. The fourth-order valence-corrected chi connectivity index (χ4v) is 3.94. The van der Waals surface area contributed by atoms with Gasteiger partial charge in [-0.3, -0.25) is 9.59 Å². The zero-order valence-electron chi connectivity index (χ0n) is 17.8. The molecule has 1 N–H and O–H groups in total. The molecule has 3 aromatic rings. The number of methoxy groups -OCH3 is 2. The molecule has 0 radical (unpaired) electrons. The van der Waals surface area contributed by atoms with E-state index in [-0.39, 0.29) is 18.0 Å². The highest BCUT2D eigenvalue weighted by Gasteiger charge is 2.35. The van der Waals surface area contributed by atoms with E-state index in [1.165, 1.54) is 26.4 Å². The Morgan fingerprint density at radius 2 is 1.75 bits per heavy atom. The number of nitrogens with one attached hydrogen (secondary N) is 1. The summed E-state index contributed by atoms with van der Waals surface area (Å²) in [6, 6.07) is 18.1. The Balaban J connectivity index is 1.67. The molecule has 0 aliphatic carbocycles. The molecule has 0 saturated heterocycles. The van der Waals surface area contributed by atoms with Crippen LogP contribution in [0.4, 0.5) is 10.1 Å². The second kappa shape index (κ2) is 9.09. The van der Waals surface area contributed by atoms with Gasteiger partial charge in [-0.2, -0.15) is 0 Å². The third-order valence-electron chi connectivity index (χ3n) is 5.54. The van der Waals surface area contributed by atoms with E-state index in [2.05, 4.69) is 5.32 Å². The monoisotopic (exact) mass is 434 g/mol. The molecule has 7 heteroatoms. The minimum absolute atomic E-state index is 0.0520. The quantitative estimate of drug-likeness (QED) is 0.592. The Hall–Kier alpha value is -3.87. The van der Waals surface area contributed by atoms with Crippen LogP contribution in [-0.2, 0) is 11.3 Å². The minimum Gasteiger partial charge on any atom is -0.493 e. The highest BCUT2D eigenvalue weighted by Crippen LogP contribution is 2.37. The molecule has 1 atom stereocenters. The normalized spacial score (nSPS) is 13.5. The van der Waals surface area contributed by atoms with Crippen molar-refractivity contribution >= 4 is 17.5 Å². The van der Waals surface area contributed by atoms with Crippen LogP contribution in [0.15, 0.2) is 66.7 Å². The number of hydrogen-bond acceptors (Lipinski definition) is 4. The number of carbonyl (C=O) groups excluding carboxylic acids is 2. The molecular weight excluding hydrogens is 411 g/mol. The Bertz CT molecular complexity index is 1160. The van der Waals surface area contributed by atoms with E-state index in [0.29, 0.717) is 29.2 Å². The third kappa shape index (κ3) is 4.14. The van der Waals surface area contributed by atoms with Crippen LogP contribution in [0.2, 0.25) is 0 Å². The van der Waals surface area contributed by atoms with Gasteiger partial charge in [-0.15, -0.1) is 0 Å². The molecule has 0 bridgehead atoms. The summed E-state index contributed by atoms with van der Waals surface area (Å²) in [6.07, 6.45) is -0.0520. The standard InChI is InChI=1S/C25H23FN2O4/c1-31-22-12-11-16(13-23(22)32-2)21(14-24(29)27-20-10-6-5-9-19(20)26)28-15-17-7-3-4-8-18(17)25(28)30/h3-13,21H,14-15H2,1-2H3,(H,27,29). The number of para-hydroxylation sites is 1. The number of ether oxygens (including phenoxy) is 2. The predicted molar refractivity (Wildman–Crippen MR) is 118 cm³/mol. The smallest absolute Gasteiger partial charge is 0.255 e. The molecule has 0 fully saturated rings. The van der Waals surface area contributed by atoms with Crippen molar-refractivity contribution < 1.29 is 23.5 Å². The Labute approximate surface area is 185 Å². The molecule has 0 spiro atoms. The highest BCUT2D eigenvalue weighted by molar-refractivity contribution is 5.99. The Kier molecular flexibility index (Phi) is 6.07. The molecule has 0 aromatic heterocycles. The van der Waals surface area contributed by atoms with E-state index >= 15 is 0 Å². The lowest BCUT2D eigenvalue weighted by Crippen LogP contribution is -2.32. The number of amides is 2. The van der Waals surface area contributed by atoms with Crippen LogP contribution in [0.1, 0.15) is 33.9 Å². The lowest BCUT2D eigenvalue weighted by molar-refractivity contribution is -0.117. The summed E-state index contributed by atoms with van der Waals surface area (Å²) in [5.74, 6) is -0.0404. The molecule has 6 nitrogen and oxygen atoms in total. The van der Waals surface area contributed by atoms with Gasteiger partial charge in [0.1, 0.15) is 5.82 Å². The molecule has 1 aliphatic heterocycles. The summed E-state index contributed by atoms with van der Waals surface area (Å²) >= 11 is 0. The number of fused-ring (bicyclic) bond motifs is 1. The van der Waals surface area contributed by atoms with Gasteiger partial charge in [0.15, 0.2) is 11.5 Å². The predicted octanol–water partition coefficient (Wildman–Crippen LogP) is 4.57. The van der Waals surface area contributed by atoms with Crippen LogP contribution in [0.5, 0.6) is 11.5 Å². The van der Waals surface area contributed by atoms with Crippen molar-refractivity contribution in [3.05, 3.63) is 89.2 Å². The van der Waals surface area contributed by atoms with Gasteiger partial charge in [0.25, 0.3) is 5.91 Å². The van der Waals surface area contributed by atoms with E-state index in [1.807, 2.05) is 18.2 Å². The van der Waals surface area contributed by atoms with Gasteiger partial charge in [0.2, 0.25) is 5.91 Å². The number of hydrogen-bond donors (Lipinski definition) is 1. The zero-order chi connectivity index (χ0) is 22.7. The van der Waals surface area contributed by atoms with Crippen molar-refractivity contribution in [1.29, 1.82) is 0 Å². The fourth-order valence-electron chi connectivity index (χ4n) is 3.94. The highest BCUT2D eigenvalue weighted by atomic mass is 19.1. The second-order valence-corrected chi connectivity index (χ2v) is 7.45. The van der Waals surface area contributed by atoms with Crippen molar-refractivity contribution in [2.75, 3.05) is 19.5 Å². The zero-order valence-corrected chi connectivity index (χ0v) is 17.8. The van der Waals surface area contributed by atoms with Crippen molar-refractivity contribution in [2.45, 2.75) is 19.0 Å². The van der Waals surface area contributed by atoms with E-state index in [9.17, 15) is 14.0 Å². The van der Waals surface area contributed by atoms with Crippen LogP contribution in [0.25, 0.3) is 0 Å². The largest absolute Gasteiger partial charge is 0.493 e. The number of nitrogens with zero attached hydrogens (tertiary/aromatic N) is 1. The second-order valence-electron chi connectivity index (χ2n) is 7.45. The summed E-state index contributed by atoms with van der Waals surface area (Å²) in [5.41, 5.74) is 2.33. The lowest BCUT2D eigenvalue weighted by atomic mass is 10.0. The van der Waals surface area contributed by atoms with Crippen LogP contribution in [0, 0.1) is 5.82 Å². The first-order valence-electron chi connectivity index (χ1n) is 10.2. The molecule has 0 saturated carbocycles. The van der Waals surface area contributed by atoms with Gasteiger partial charge in [-0.05, 0) is 41.5 Å². The lowest BCUT2D eigenvalue weighted by Gasteiger charge is -2.28. The van der Waals surface area contributed by atoms with Crippen molar-refractivity contribution in [3.8, 4) is 11.5 Å². The molecule has 164 valence electrons. The van der Waals surface area contributed by atoms with Crippen molar-refractivity contribution in [2.24, 2.45) is 0 Å². The van der Waals surface area contributed by atoms with Gasteiger partial charge in [-0.1, -0.05) is 36.4 Å². The summed E-state index contributed by atoms with van der Waals surface area (Å²) in [7, 11) is 3.07. The maximum absolute atomic E-state index is 14.0. The average Bonchev–Trinajstić information content (AvgIpc) is 3.15. The number of benzene rings is 3. The average molecular weight is 434 g/mol. The van der Waals surface area contributed by atoms with E-state index < -0.39 is 17.8 Å². The SMILES string of the molecule is COc1ccc(C(CC(=O)Nc2ccccc2F)N2Cc3ccccc3C2=O)cc1OC. The first-order valence-corrected chi connectivity index (χ1v) is 10.2. The Morgan fingerprint density at radius 1 is 1.03 bits per heavy atom. The molecule has 1 unspecified atom stereocenters. The van der Waals surface area contributed by atoms with Gasteiger partial charge in [0, 0.05) is 12.1 Å². The topological polar surface area (TPSA) is 67.9 Å². The number of rotatable bonds is 7. The maximum Gasteiger partial charge on any atom is 0.255 e. The van der Waals surface area contributed by atoms with Crippen LogP contribution in [0.3, 0.4) is 0 Å². The summed E-state index contributed by atoms with van der Waals surface area (Å²) in [6.45, 7) is 0.376. The van der Waals surface area contributed by atoms with E-state index in [1.54, 1.807) is 41.3 Å². The molecule has 32 heavy (non-hydrogen) atoms. The first-order chi connectivity index (χ1) is 15.5. The van der Waals surface area contributed by atoms with Gasteiger partial charge < -0.3 is 19.7 Å².